The molecule has 0 fully saturated rings. The SMILES string of the molecule is O=C(NCCc1ccc(S(=O)(=O)O)cc1)C(=O)NCCc1ccc(S(=O)(=O)O)cc1. The molecule has 0 saturated carbocycles. The number of nitrogens with one attached hydrogen (secondary N) is 2. The fourth-order valence-corrected chi connectivity index (χ4v) is 3.42. The molecule has 0 atom stereocenters. The smallest absolute Gasteiger partial charge is 0.309 e. The summed E-state index contributed by atoms with van der Waals surface area (Å²) < 4.78 is 61.7. The molecule has 4 N–H and O–H groups in total. The van der Waals surface area contributed by atoms with E-state index in [0.717, 1.165) is 0 Å². The van der Waals surface area contributed by atoms with Gasteiger partial charge in [-0.25, -0.2) is 0 Å². The van der Waals surface area contributed by atoms with Crippen LogP contribution in [0.25, 0.3) is 0 Å². The zero-order valence-electron chi connectivity index (χ0n) is 15.6. The molecule has 10 nitrogen and oxygen atoms in total. The maximum atomic E-state index is 11.8. The third-order valence-electron chi connectivity index (χ3n) is 4.05. The number of amides is 2. The Morgan fingerprint density at radius 2 is 0.933 bits per heavy atom. The molecule has 0 radical (unpaired) electrons. The summed E-state index contributed by atoms with van der Waals surface area (Å²) in [6, 6.07) is 10.9. The van der Waals surface area contributed by atoms with Crippen LogP contribution in [-0.2, 0) is 42.7 Å². The standard InChI is InChI=1S/C18H20N2O8S2/c21-17(19-11-9-13-1-5-15(6-2-13)29(23,24)25)18(22)20-12-10-14-3-7-16(8-4-14)30(26,27)28/h1-8H,9-12H2,(H,19,21)(H,20,22)(H,23,24,25)(H,26,27,28). The lowest BCUT2D eigenvalue weighted by Crippen LogP contribution is -2.41. The van der Waals surface area contributed by atoms with Crippen LogP contribution in [0.4, 0.5) is 0 Å². The lowest BCUT2D eigenvalue weighted by molar-refractivity contribution is -0.139. The average Bonchev–Trinajstić information content (AvgIpc) is 2.67. The molecule has 2 rings (SSSR count). The normalized spacial score (nSPS) is 11.7. The van der Waals surface area contributed by atoms with E-state index >= 15 is 0 Å². The van der Waals surface area contributed by atoms with E-state index in [2.05, 4.69) is 10.6 Å². The van der Waals surface area contributed by atoms with E-state index < -0.39 is 32.1 Å². The van der Waals surface area contributed by atoms with Crippen LogP contribution < -0.4 is 10.6 Å². The van der Waals surface area contributed by atoms with Crippen LogP contribution in [0.2, 0.25) is 0 Å². The van der Waals surface area contributed by atoms with Crippen molar-refractivity contribution in [1.82, 2.24) is 10.6 Å². The first kappa shape index (κ1) is 23.5. The number of rotatable bonds is 8. The predicted octanol–water partition coefficient (Wildman–Crippen LogP) is 0.198. The van der Waals surface area contributed by atoms with Gasteiger partial charge in [-0.15, -0.1) is 0 Å². The van der Waals surface area contributed by atoms with Crippen molar-refractivity contribution in [2.24, 2.45) is 0 Å². The van der Waals surface area contributed by atoms with Crippen LogP contribution in [0.1, 0.15) is 11.1 Å². The topological polar surface area (TPSA) is 167 Å². The van der Waals surface area contributed by atoms with Gasteiger partial charge in [0.1, 0.15) is 0 Å². The average molecular weight is 456 g/mol. The molecule has 30 heavy (non-hydrogen) atoms. The van der Waals surface area contributed by atoms with E-state index in [1.807, 2.05) is 0 Å². The summed E-state index contributed by atoms with van der Waals surface area (Å²) in [6.45, 7) is 0.295. The zero-order chi connectivity index (χ0) is 22.4. The lowest BCUT2D eigenvalue weighted by atomic mass is 10.1. The minimum Gasteiger partial charge on any atom is -0.348 e. The molecule has 162 valence electrons. The number of hydrogen-bond acceptors (Lipinski definition) is 6. The van der Waals surface area contributed by atoms with Crippen LogP contribution >= 0.6 is 0 Å². The number of hydrogen-bond donors (Lipinski definition) is 4. The molecule has 0 bridgehead atoms. The van der Waals surface area contributed by atoms with Crippen LogP contribution in [0.5, 0.6) is 0 Å². The highest BCUT2D eigenvalue weighted by atomic mass is 32.2. The van der Waals surface area contributed by atoms with Crippen molar-refractivity contribution in [1.29, 1.82) is 0 Å². The Labute approximate surface area is 173 Å². The Balaban J connectivity index is 1.72. The molecule has 0 aliphatic heterocycles. The highest BCUT2D eigenvalue weighted by molar-refractivity contribution is 7.86. The second kappa shape index (κ2) is 9.80. The van der Waals surface area contributed by atoms with Gasteiger partial charge in [0.15, 0.2) is 0 Å². The molecule has 2 aromatic rings. The number of carbonyl (C=O) groups is 2. The summed E-state index contributed by atoms with van der Waals surface area (Å²) in [5.74, 6) is -1.66. The highest BCUT2D eigenvalue weighted by Gasteiger charge is 2.13. The van der Waals surface area contributed by atoms with Crippen molar-refractivity contribution in [3.63, 3.8) is 0 Å². The van der Waals surface area contributed by atoms with E-state index in [-0.39, 0.29) is 22.9 Å². The predicted molar refractivity (Wildman–Crippen MR) is 106 cm³/mol. The summed E-state index contributed by atoms with van der Waals surface area (Å²) in [4.78, 5) is 23.1. The van der Waals surface area contributed by atoms with E-state index in [4.69, 9.17) is 9.11 Å². The van der Waals surface area contributed by atoms with Crippen molar-refractivity contribution >= 4 is 32.1 Å². The van der Waals surface area contributed by atoms with Gasteiger partial charge >= 0.3 is 11.8 Å². The molecule has 2 aromatic carbocycles. The fourth-order valence-electron chi connectivity index (χ4n) is 2.46. The first-order valence-electron chi connectivity index (χ1n) is 8.66. The van der Waals surface area contributed by atoms with E-state index in [0.29, 0.717) is 24.0 Å². The van der Waals surface area contributed by atoms with Gasteiger partial charge in [0.05, 0.1) is 9.79 Å². The Morgan fingerprint density at radius 3 is 1.20 bits per heavy atom. The molecule has 0 heterocycles. The van der Waals surface area contributed by atoms with E-state index in [9.17, 15) is 26.4 Å². The first-order valence-corrected chi connectivity index (χ1v) is 11.5. The Kier molecular flexibility index (Phi) is 7.67. The van der Waals surface area contributed by atoms with Crippen molar-refractivity contribution in [2.75, 3.05) is 13.1 Å². The van der Waals surface area contributed by atoms with Crippen LogP contribution in [-0.4, -0.2) is 50.8 Å². The van der Waals surface area contributed by atoms with Crippen molar-refractivity contribution in [3.8, 4) is 0 Å². The van der Waals surface area contributed by atoms with E-state index in [1.54, 1.807) is 0 Å². The Morgan fingerprint density at radius 1 is 0.633 bits per heavy atom. The molecule has 0 unspecified atom stereocenters. The van der Waals surface area contributed by atoms with Crippen LogP contribution in [0, 0.1) is 0 Å². The van der Waals surface area contributed by atoms with Crippen molar-refractivity contribution < 1.29 is 35.5 Å². The molecular formula is C18H20N2O8S2. The Bertz CT molecular complexity index is 1020. The quantitative estimate of drug-likeness (QED) is 0.323. The molecule has 0 aliphatic carbocycles. The van der Waals surface area contributed by atoms with Crippen molar-refractivity contribution in [3.05, 3.63) is 59.7 Å². The monoisotopic (exact) mass is 456 g/mol. The van der Waals surface area contributed by atoms with Gasteiger partial charge in [0, 0.05) is 13.1 Å². The third-order valence-corrected chi connectivity index (χ3v) is 5.78. The molecule has 0 aliphatic rings. The van der Waals surface area contributed by atoms with Gasteiger partial charge in [0.2, 0.25) is 0 Å². The Hall–Kier alpha value is -2.80. The van der Waals surface area contributed by atoms with Gasteiger partial charge in [-0.3, -0.25) is 18.7 Å². The van der Waals surface area contributed by atoms with Gasteiger partial charge < -0.3 is 10.6 Å². The summed E-state index contributed by atoms with van der Waals surface area (Å²) in [7, 11) is -8.53. The molecule has 2 amide bonds. The minimum absolute atomic E-state index is 0.147. The summed E-state index contributed by atoms with van der Waals surface area (Å²) in [5, 5.41) is 4.87. The second-order valence-corrected chi connectivity index (χ2v) is 9.09. The molecule has 0 spiro atoms. The first-order chi connectivity index (χ1) is 14.0. The summed E-state index contributed by atoms with van der Waals surface area (Å²) in [5.41, 5.74) is 1.41. The molecule has 12 heteroatoms. The van der Waals surface area contributed by atoms with E-state index in [1.165, 1.54) is 48.5 Å². The molecular weight excluding hydrogens is 436 g/mol. The molecule has 0 aromatic heterocycles. The van der Waals surface area contributed by atoms with Gasteiger partial charge in [-0.05, 0) is 48.2 Å². The maximum absolute atomic E-state index is 11.8. The third kappa shape index (κ3) is 7.22. The maximum Gasteiger partial charge on any atom is 0.309 e. The second-order valence-electron chi connectivity index (χ2n) is 6.25. The molecule has 0 saturated heterocycles. The van der Waals surface area contributed by atoms with Gasteiger partial charge in [-0.1, -0.05) is 24.3 Å². The van der Waals surface area contributed by atoms with Gasteiger partial charge in [0.25, 0.3) is 20.2 Å². The lowest BCUT2D eigenvalue weighted by Gasteiger charge is -2.07. The summed E-state index contributed by atoms with van der Waals surface area (Å²) >= 11 is 0. The minimum atomic E-state index is -4.26. The van der Waals surface area contributed by atoms with Crippen LogP contribution in [0.15, 0.2) is 58.3 Å². The largest absolute Gasteiger partial charge is 0.348 e. The number of benzene rings is 2. The van der Waals surface area contributed by atoms with Crippen molar-refractivity contribution in [2.45, 2.75) is 22.6 Å². The van der Waals surface area contributed by atoms with Crippen LogP contribution in [0.3, 0.4) is 0 Å². The highest BCUT2D eigenvalue weighted by Crippen LogP contribution is 2.11. The zero-order valence-corrected chi connectivity index (χ0v) is 17.2. The number of carbonyl (C=O) groups excluding carboxylic acids is 2. The van der Waals surface area contributed by atoms with Gasteiger partial charge in [-0.2, -0.15) is 16.8 Å². The fraction of sp³-hybridized carbons (Fsp3) is 0.222. The summed E-state index contributed by atoms with van der Waals surface area (Å²) in [6.07, 6.45) is 0.704.